The van der Waals surface area contributed by atoms with Crippen molar-refractivity contribution in [2.24, 2.45) is 5.10 Å². The number of hydrogen-bond acceptors (Lipinski definition) is 7. The quantitative estimate of drug-likeness (QED) is 0.618. The maximum atomic E-state index is 12.3. The number of alkyl halides is 3. The lowest BCUT2D eigenvalue weighted by Crippen LogP contribution is -2.17. The summed E-state index contributed by atoms with van der Waals surface area (Å²) in [4.78, 5) is 3.95. The third kappa shape index (κ3) is 4.75. The van der Waals surface area contributed by atoms with E-state index in [9.17, 15) is 13.2 Å². The second kappa shape index (κ2) is 7.98. The van der Waals surface area contributed by atoms with E-state index in [-0.39, 0.29) is 12.5 Å². The predicted molar refractivity (Wildman–Crippen MR) is 103 cm³/mol. The van der Waals surface area contributed by atoms with E-state index in [4.69, 9.17) is 10.00 Å². The minimum absolute atomic E-state index is 0.0938. The third-order valence-electron chi connectivity index (χ3n) is 4.37. The molecule has 31 heavy (non-hydrogen) atoms. The summed E-state index contributed by atoms with van der Waals surface area (Å²) < 4.78 is 48.1. The first kappa shape index (κ1) is 20.2. The van der Waals surface area contributed by atoms with E-state index in [1.807, 2.05) is 19.1 Å². The average molecular weight is 428 g/mol. The van der Waals surface area contributed by atoms with Gasteiger partial charge in [0.2, 0.25) is 0 Å². The van der Waals surface area contributed by atoms with Crippen LogP contribution in [0.4, 0.5) is 18.9 Å². The molecule has 8 nitrogen and oxygen atoms in total. The Morgan fingerprint density at radius 1 is 1.19 bits per heavy atom. The van der Waals surface area contributed by atoms with Gasteiger partial charge in [0.1, 0.15) is 23.2 Å². The second-order valence-corrected chi connectivity index (χ2v) is 6.61. The van der Waals surface area contributed by atoms with E-state index in [0.717, 1.165) is 11.3 Å². The number of rotatable bonds is 5. The van der Waals surface area contributed by atoms with Crippen LogP contribution < -0.4 is 9.75 Å². The zero-order valence-corrected chi connectivity index (χ0v) is 16.2. The Labute approximate surface area is 174 Å². The van der Waals surface area contributed by atoms with Crippen LogP contribution in [0.5, 0.6) is 5.75 Å². The lowest BCUT2D eigenvalue weighted by molar-refractivity contribution is -0.274. The van der Waals surface area contributed by atoms with Gasteiger partial charge >= 0.3 is 6.36 Å². The van der Waals surface area contributed by atoms with E-state index in [1.165, 1.54) is 29.3 Å². The Kier molecular flexibility index (Phi) is 5.21. The minimum Gasteiger partial charge on any atom is -0.452 e. The molecule has 2 aromatic heterocycles. The van der Waals surface area contributed by atoms with Gasteiger partial charge in [-0.15, -0.1) is 18.3 Å². The number of benzene rings is 1. The molecule has 1 aromatic carbocycles. The van der Waals surface area contributed by atoms with Crippen molar-refractivity contribution in [3.05, 3.63) is 71.3 Å². The fraction of sp³-hybridized carbons (Fsp3) is 0.200. The van der Waals surface area contributed by atoms with Crippen LogP contribution in [0.25, 0.3) is 0 Å². The molecule has 0 bridgehead atoms. The number of halogens is 3. The molecule has 0 N–H and O–H groups in total. The SMILES string of the molecule is Cc1cc(C2=NN(c3ccc(OC(F)(F)F)cc3)CO2)nn1Cc1ccnc(C#N)c1. The molecule has 0 atom stereocenters. The van der Waals surface area contributed by atoms with Crippen molar-refractivity contribution >= 4 is 11.6 Å². The fourth-order valence-electron chi connectivity index (χ4n) is 2.95. The first-order valence-corrected chi connectivity index (χ1v) is 9.05. The van der Waals surface area contributed by atoms with Crippen LogP contribution in [0.15, 0.2) is 53.8 Å². The summed E-state index contributed by atoms with van der Waals surface area (Å²) in [6, 6.07) is 12.6. The summed E-state index contributed by atoms with van der Waals surface area (Å²) in [6.45, 7) is 2.42. The van der Waals surface area contributed by atoms with Gasteiger partial charge in [0, 0.05) is 11.9 Å². The molecular formula is C20H15F3N6O2. The second-order valence-electron chi connectivity index (χ2n) is 6.61. The Balaban J connectivity index is 1.49. The monoisotopic (exact) mass is 428 g/mol. The van der Waals surface area contributed by atoms with Crippen LogP contribution in [0.1, 0.15) is 22.6 Å². The first-order chi connectivity index (χ1) is 14.8. The number of anilines is 1. The highest BCUT2D eigenvalue weighted by Gasteiger charge is 2.31. The van der Waals surface area contributed by atoms with E-state index in [0.29, 0.717) is 29.5 Å². The number of aryl methyl sites for hydroxylation is 1. The summed E-state index contributed by atoms with van der Waals surface area (Å²) >= 11 is 0. The highest BCUT2D eigenvalue weighted by atomic mass is 19.4. The van der Waals surface area contributed by atoms with E-state index in [2.05, 4.69) is 19.9 Å². The van der Waals surface area contributed by atoms with Gasteiger partial charge in [0.25, 0.3) is 5.90 Å². The molecule has 0 saturated carbocycles. The molecule has 0 fully saturated rings. The first-order valence-electron chi connectivity index (χ1n) is 9.05. The van der Waals surface area contributed by atoms with Gasteiger partial charge in [-0.2, -0.15) is 10.4 Å². The molecule has 3 aromatic rings. The summed E-state index contributed by atoms with van der Waals surface area (Å²) in [5.41, 5.74) is 3.13. The summed E-state index contributed by atoms with van der Waals surface area (Å²) in [5, 5.41) is 19.4. The van der Waals surface area contributed by atoms with Crippen molar-refractivity contribution in [3.63, 3.8) is 0 Å². The van der Waals surface area contributed by atoms with Crippen molar-refractivity contribution in [1.29, 1.82) is 5.26 Å². The Morgan fingerprint density at radius 2 is 1.97 bits per heavy atom. The Hall–Kier alpha value is -4.07. The smallest absolute Gasteiger partial charge is 0.452 e. The molecule has 0 amide bonds. The molecule has 158 valence electrons. The predicted octanol–water partition coefficient (Wildman–Crippen LogP) is 3.56. The van der Waals surface area contributed by atoms with Crippen molar-refractivity contribution in [1.82, 2.24) is 14.8 Å². The number of nitrogens with zero attached hydrogens (tertiary/aromatic N) is 6. The lowest BCUT2D eigenvalue weighted by Gasteiger charge is -2.13. The van der Waals surface area contributed by atoms with Crippen LogP contribution in [0.2, 0.25) is 0 Å². The van der Waals surface area contributed by atoms with Crippen LogP contribution in [-0.2, 0) is 11.3 Å². The molecular weight excluding hydrogens is 413 g/mol. The van der Waals surface area contributed by atoms with Crippen molar-refractivity contribution in [3.8, 4) is 11.8 Å². The van der Waals surface area contributed by atoms with Gasteiger partial charge in [-0.25, -0.2) is 9.99 Å². The highest BCUT2D eigenvalue weighted by molar-refractivity contribution is 5.94. The standard InChI is InChI=1S/C20H15F3N6O2/c1-13-8-18(26-28(13)11-14-6-7-25-15(9-14)10-24)19-27-29(12-30-19)16-2-4-17(5-3-16)31-20(21,22)23/h2-9H,11-12H2,1H3. The molecule has 0 saturated heterocycles. The summed E-state index contributed by atoms with van der Waals surface area (Å²) in [6.07, 6.45) is -3.17. The summed E-state index contributed by atoms with van der Waals surface area (Å²) in [7, 11) is 0. The van der Waals surface area contributed by atoms with Gasteiger partial charge in [-0.3, -0.25) is 4.68 Å². The Bertz CT molecular complexity index is 1160. The van der Waals surface area contributed by atoms with Crippen molar-refractivity contribution < 1.29 is 22.6 Å². The maximum Gasteiger partial charge on any atom is 0.573 e. The van der Waals surface area contributed by atoms with Crippen LogP contribution in [-0.4, -0.2) is 33.8 Å². The van der Waals surface area contributed by atoms with Crippen LogP contribution in [0, 0.1) is 18.3 Å². The van der Waals surface area contributed by atoms with Crippen molar-refractivity contribution in [2.45, 2.75) is 19.8 Å². The van der Waals surface area contributed by atoms with Crippen LogP contribution >= 0.6 is 0 Å². The average Bonchev–Trinajstić information content (AvgIpc) is 3.35. The van der Waals surface area contributed by atoms with Gasteiger partial charge in [0.15, 0.2) is 6.73 Å². The zero-order chi connectivity index (χ0) is 22.0. The van der Waals surface area contributed by atoms with E-state index in [1.54, 1.807) is 23.0 Å². The molecule has 0 radical (unpaired) electrons. The molecule has 1 aliphatic heterocycles. The topological polar surface area (TPSA) is 88.6 Å². The molecule has 1 aliphatic rings. The number of hydrazone groups is 1. The zero-order valence-electron chi connectivity index (χ0n) is 16.2. The van der Waals surface area contributed by atoms with E-state index >= 15 is 0 Å². The molecule has 0 spiro atoms. The van der Waals surface area contributed by atoms with Gasteiger partial charge in [-0.05, 0) is 55.0 Å². The number of pyridine rings is 1. The normalized spacial score (nSPS) is 13.5. The van der Waals surface area contributed by atoms with Gasteiger partial charge in [0.05, 0.1) is 12.2 Å². The van der Waals surface area contributed by atoms with E-state index < -0.39 is 6.36 Å². The number of hydrogen-bond donors (Lipinski definition) is 0. The number of ether oxygens (including phenoxy) is 2. The molecule has 0 aliphatic carbocycles. The van der Waals surface area contributed by atoms with Gasteiger partial charge < -0.3 is 9.47 Å². The molecule has 3 heterocycles. The highest BCUT2D eigenvalue weighted by Crippen LogP contribution is 2.27. The number of nitriles is 1. The third-order valence-corrected chi connectivity index (χ3v) is 4.37. The molecule has 11 heteroatoms. The van der Waals surface area contributed by atoms with Crippen molar-refractivity contribution in [2.75, 3.05) is 11.7 Å². The van der Waals surface area contributed by atoms with Gasteiger partial charge in [-0.1, -0.05) is 0 Å². The fourth-order valence-corrected chi connectivity index (χ4v) is 2.95. The minimum atomic E-state index is -4.74. The molecule has 0 unspecified atom stereocenters. The largest absolute Gasteiger partial charge is 0.573 e. The lowest BCUT2D eigenvalue weighted by atomic mass is 10.2. The Morgan fingerprint density at radius 3 is 2.68 bits per heavy atom. The number of aromatic nitrogens is 3. The summed E-state index contributed by atoms with van der Waals surface area (Å²) in [5.74, 6) is -0.0180. The van der Waals surface area contributed by atoms with Crippen LogP contribution in [0.3, 0.4) is 0 Å². The molecule has 4 rings (SSSR count). The maximum absolute atomic E-state index is 12.3.